The molecule has 0 aliphatic heterocycles. The number of H-pyrrole nitrogens is 1. The van der Waals surface area contributed by atoms with E-state index in [0.29, 0.717) is 10.6 Å². The van der Waals surface area contributed by atoms with Gasteiger partial charge >= 0.3 is 0 Å². The first-order chi connectivity index (χ1) is 13.5. The molecule has 0 spiro atoms. The van der Waals surface area contributed by atoms with Gasteiger partial charge in [0.15, 0.2) is 10.6 Å². The molecule has 3 aromatic rings. The number of carbonyl (C=O) groups is 1. The van der Waals surface area contributed by atoms with E-state index in [1.807, 2.05) is 62.4 Å². The van der Waals surface area contributed by atoms with E-state index in [1.165, 1.54) is 0 Å². The zero-order valence-corrected chi connectivity index (χ0v) is 17.0. The number of benzene rings is 2. The van der Waals surface area contributed by atoms with Crippen molar-refractivity contribution in [3.8, 4) is 17.1 Å². The second-order valence-corrected chi connectivity index (χ2v) is 6.96. The molecular formula is C21H24N4O2S. The normalized spacial score (nSPS) is 11.8. The number of carbonyl (C=O) groups excluding carboxylic acids is 1. The van der Waals surface area contributed by atoms with E-state index in [4.69, 9.17) is 17.0 Å². The molecule has 1 atom stereocenters. The van der Waals surface area contributed by atoms with Gasteiger partial charge in [0.05, 0.1) is 13.2 Å². The standard InChI is InChI=1S/C21H24N4O2S/c1-4-17(16-10-5-6-11-18(16)27-3)22-19(26)13-25-20(23-24-21(25)28)15-9-7-8-14(2)12-15/h5-12,17H,4,13H2,1-3H3,(H,22,26)(H,24,28). The number of hydrogen-bond acceptors (Lipinski definition) is 4. The molecule has 0 aliphatic carbocycles. The van der Waals surface area contributed by atoms with Gasteiger partial charge in [-0.1, -0.05) is 48.9 Å². The summed E-state index contributed by atoms with van der Waals surface area (Å²) in [5.41, 5.74) is 2.98. The van der Waals surface area contributed by atoms with E-state index in [0.717, 1.165) is 28.9 Å². The Kier molecular flexibility index (Phi) is 6.26. The predicted octanol–water partition coefficient (Wildman–Crippen LogP) is 4.19. The zero-order chi connectivity index (χ0) is 20.1. The van der Waals surface area contributed by atoms with Crippen molar-refractivity contribution < 1.29 is 9.53 Å². The number of nitrogens with one attached hydrogen (secondary N) is 2. The van der Waals surface area contributed by atoms with Crippen molar-refractivity contribution in [2.45, 2.75) is 32.9 Å². The lowest BCUT2D eigenvalue weighted by atomic mass is 10.0. The summed E-state index contributed by atoms with van der Waals surface area (Å²) in [6.45, 7) is 4.13. The number of aromatic amines is 1. The number of methoxy groups -OCH3 is 1. The van der Waals surface area contributed by atoms with Gasteiger partial charge in [-0.3, -0.25) is 14.5 Å². The number of aromatic nitrogens is 3. The number of rotatable bonds is 7. The zero-order valence-electron chi connectivity index (χ0n) is 16.2. The highest BCUT2D eigenvalue weighted by atomic mass is 32.1. The number of aryl methyl sites for hydroxylation is 1. The first kappa shape index (κ1) is 19.8. The Morgan fingerprint density at radius 2 is 2.07 bits per heavy atom. The molecule has 2 aromatic carbocycles. The van der Waals surface area contributed by atoms with E-state index in [9.17, 15) is 4.79 Å². The molecule has 0 bridgehead atoms. The summed E-state index contributed by atoms with van der Waals surface area (Å²) in [4.78, 5) is 12.8. The Morgan fingerprint density at radius 1 is 1.29 bits per heavy atom. The molecule has 1 aromatic heterocycles. The van der Waals surface area contributed by atoms with Crippen LogP contribution in [0.25, 0.3) is 11.4 Å². The quantitative estimate of drug-likeness (QED) is 0.588. The Labute approximate surface area is 169 Å². The Balaban J connectivity index is 1.82. The van der Waals surface area contributed by atoms with Gasteiger partial charge < -0.3 is 10.1 Å². The number of nitrogens with zero attached hydrogens (tertiary/aromatic N) is 2. The van der Waals surface area contributed by atoms with E-state index in [2.05, 4.69) is 15.5 Å². The smallest absolute Gasteiger partial charge is 0.240 e. The minimum absolute atomic E-state index is 0.0876. The first-order valence-electron chi connectivity index (χ1n) is 9.18. The Morgan fingerprint density at radius 3 is 2.79 bits per heavy atom. The van der Waals surface area contributed by atoms with Crippen molar-refractivity contribution in [3.63, 3.8) is 0 Å². The molecule has 1 amide bonds. The maximum atomic E-state index is 12.8. The van der Waals surface area contributed by atoms with E-state index < -0.39 is 0 Å². The molecule has 146 valence electrons. The summed E-state index contributed by atoms with van der Waals surface area (Å²) in [7, 11) is 1.63. The fourth-order valence-corrected chi connectivity index (χ4v) is 3.40. The highest BCUT2D eigenvalue weighted by molar-refractivity contribution is 7.71. The van der Waals surface area contributed by atoms with Crippen LogP contribution < -0.4 is 10.1 Å². The third-order valence-electron chi connectivity index (χ3n) is 4.59. The van der Waals surface area contributed by atoms with Crippen LogP contribution in [0.5, 0.6) is 5.75 Å². The molecule has 1 heterocycles. The van der Waals surface area contributed by atoms with Crippen molar-refractivity contribution in [2.24, 2.45) is 0 Å². The molecule has 3 rings (SSSR count). The average molecular weight is 397 g/mol. The van der Waals surface area contributed by atoms with Crippen molar-refractivity contribution >= 4 is 18.1 Å². The van der Waals surface area contributed by atoms with E-state index in [-0.39, 0.29) is 18.5 Å². The Bertz CT molecular complexity index is 1020. The third-order valence-corrected chi connectivity index (χ3v) is 4.91. The van der Waals surface area contributed by atoms with Crippen LogP contribution in [0.1, 0.15) is 30.5 Å². The van der Waals surface area contributed by atoms with Crippen molar-refractivity contribution in [3.05, 3.63) is 64.4 Å². The van der Waals surface area contributed by atoms with E-state index in [1.54, 1.807) is 11.7 Å². The summed E-state index contributed by atoms with van der Waals surface area (Å²) in [6, 6.07) is 15.5. The fourth-order valence-electron chi connectivity index (χ4n) is 3.21. The van der Waals surface area contributed by atoms with E-state index >= 15 is 0 Å². The molecule has 1 unspecified atom stereocenters. The number of amides is 1. The highest BCUT2D eigenvalue weighted by Crippen LogP contribution is 2.27. The van der Waals surface area contributed by atoms with Crippen LogP contribution in [-0.2, 0) is 11.3 Å². The number of hydrogen-bond donors (Lipinski definition) is 2. The third kappa shape index (κ3) is 4.31. The van der Waals surface area contributed by atoms with Crippen molar-refractivity contribution in [1.82, 2.24) is 20.1 Å². The van der Waals surface area contributed by atoms with Gasteiger partial charge in [-0.2, -0.15) is 5.10 Å². The summed E-state index contributed by atoms with van der Waals surface area (Å²) in [5, 5.41) is 10.2. The number of ether oxygens (including phenoxy) is 1. The van der Waals surface area contributed by atoms with Gasteiger partial charge in [-0.15, -0.1) is 0 Å². The lowest BCUT2D eigenvalue weighted by molar-refractivity contribution is -0.122. The molecule has 28 heavy (non-hydrogen) atoms. The van der Waals surface area contributed by atoms with Crippen LogP contribution in [-0.4, -0.2) is 27.8 Å². The van der Waals surface area contributed by atoms with Crippen molar-refractivity contribution in [1.29, 1.82) is 0 Å². The van der Waals surface area contributed by atoms with Gasteiger partial charge in [0.2, 0.25) is 5.91 Å². The van der Waals surface area contributed by atoms with Gasteiger partial charge in [0.25, 0.3) is 0 Å². The fraction of sp³-hybridized carbons (Fsp3) is 0.286. The van der Waals surface area contributed by atoms with Crippen LogP contribution >= 0.6 is 12.2 Å². The lowest BCUT2D eigenvalue weighted by Crippen LogP contribution is -2.31. The molecule has 6 nitrogen and oxygen atoms in total. The summed E-state index contributed by atoms with van der Waals surface area (Å²) in [6.07, 6.45) is 0.744. The molecule has 0 aliphatic rings. The van der Waals surface area contributed by atoms with Gasteiger partial charge in [-0.05, 0) is 37.7 Å². The first-order valence-corrected chi connectivity index (χ1v) is 9.58. The van der Waals surface area contributed by atoms with Crippen LogP contribution in [0.3, 0.4) is 0 Å². The molecule has 0 saturated heterocycles. The minimum Gasteiger partial charge on any atom is -0.496 e. The lowest BCUT2D eigenvalue weighted by Gasteiger charge is -2.20. The van der Waals surface area contributed by atoms with Crippen LogP contribution in [0.4, 0.5) is 0 Å². The van der Waals surface area contributed by atoms with Gasteiger partial charge in [-0.25, -0.2) is 0 Å². The van der Waals surface area contributed by atoms with Crippen LogP contribution in [0, 0.1) is 11.7 Å². The molecule has 0 saturated carbocycles. The van der Waals surface area contributed by atoms with Crippen molar-refractivity contribution in [2.75, 3.05) is 7.11 Å². The van der Waals surface area contributed by atoms with Crippen LogP contribution in [0.15, 0.2) is 48.5 Å². The Hall–Kier alpha value is -2.93. The molecule has 0 fully saturated rings. The summed E-state index contributed by atoms with van der Waals surface area (Å²) in [5.74, 6) is 1.27. The van der Waals surface area contributed by atoms with Gasteiger partial charge in [0.1, 0.15) is 12.3 Å². The monoisotopic (exact) mass is 396 g/mol. The maximum absolute atomic E-state index is 12.8. The molecule has 7 heteroatoms. The minimum atomic E-state index is -0.146. The summed E-state index contributed by atoms with van der Waals surface area (Å²) >= 11 is 5.34. The molecular weight excluding hydrogens is 372 g/mol. The molecule has 0 radical (unpaired) electrons. The van der Waals surface area contributed by atoms with Gasteiger partial charge in [0, 0.05) is 11.1 Å². The van der Waals surface area contributed by atoms with Crippen LogP contribution in [0.2, 0.25) is 0 Å². The highest BCUT2D eigenvalue weighted by Gasteiger charge is 2.18. The largest absolute Gasteiger partial charge is 0.496 e. The topological polar surface area (TPSA) is 71.9 Å². The maximum Gasteiger partial charge on any atom is 0.240 e. The predicted molar refractivity (Wildman–Crippen MR) is 112 cm³/mol. The SMILES string of the molecule is CCC(NC(=O)Cn1c(-c2cccc(C)c2)n[nH]c1=S)c1ccccc1OC. The molecule has 2 N–H and O–H groups in total. The average Bonchev–Trinajstić information content (AvgIpc) is 3.06. The second kappa shape index (κ2) is 8.84. The number of para-hydroxylation sites is 1. The second-order valence-electron chi connectivity index (χ2n) is 6.58. The summed E-state index contributed by atoms with van der Waals surface area (Å²) < 4.78 is 7.57.